The first kappa shape index (κ1) is 15.2. The normalized spacial score (nSPS) is 14.9. The molecule has 0 nitrogen and oxygen atoms in total. The molecule has 0 aromatic rings. The molecule has 0 fully saturated rings. The molecule has 2 atom stereocenters. The molecule has 0 bridgehead atoms. The molecule has 16 heavy (non-hydrogen) atoms. The maximum absolute atomic E-state index is 4.16. The Labute approximate surface area is 102 Å². The van der Waals surface area contributed by atoms with Crippen molar-refractivity contribution in [1.82, 2.24) is 0 Å². The fourth-order valence-electron chi connectivity index (χ4n) is 1.69. The summed E-state index contributed by atoms with van der Waals surface area (Å²) in [4.78, 5) is 0. The van der Waals surface area contributed by atoms with Crippen molar-refractivity contribution in [2.24, 2.45) is 11.8 Å². The number of allylic oxidation sites excluding steroid dienone is 4. The lowest BCUT2D eigenvalue weighted by atomic mass is 9.89. The van der Waals surface area contributed by atoms with Crippen LogP contribution in [0.1, 0.15) is 52.9 Å². The van der Waals surface area contributed by atoms with Crippen molar-refractivity contribution in [2.75, 3.05) is 0 Å². The summed E-state index contributed by atoms with van der Waals surface area (Å²) in [6.45, 7) is 14.6. The number of unbranched alkanes of at least 4 members (excludes halogenated alkanes) is 1. The van der Waals surface area contributed by atoms with Crippen molar-refractivity contribution in [3.05, 3.63) is 37.0 Å². The molecular weight excluding hydrogens is 192 g/mol. The highest BCUT2D eigenvalue weighted by molar-refractivity contribution is 4.95. The lowest BCUT2D eigenvalue weighted by molar-refractivity contribution is 0.426. The molecule has 0 aromatic heterocycles. The van der Waals surface area contributed by atoms with Gasteiger partial charge in [-0.25, -0.2) is 0 Å². The predicted molar refractivity (Wildman–Crippen MR) is 75.6 cm³/mol. The second kappa shape index (κ2) is 9.45. The highest BCUT2D eigenvalue weighted by Crippen LogP contribution is 2.21. The van der Waals surface area contributed by atoms with Crippen LogP contribution in [-0.2, 0) is 0 Å². The highest BCUT2D eigenvalue weighted by Gasteiger charge is 2.08. The molecule has 0 N–H and O–H groups in total. The zero-order chi connectivity index (χ0) is 12.4. The van der Waals surface area contributed by atoms with Gasteiger partial charge in [0.25, 0.3) is 0 Å². The summed E-state index contributed by atoms with van der Waals surface area (Å²) in [6.07, 6.45) is 12.4. The molecular formula is C16H28. The minimum absolute atomic E-state index is 0.621. The third-order valence-corrected chi connectivity index (χ3v) is 3.36. The number of hydrogen-bond acceptors (Lipinski definition) is 0. The van der Waals surface area contributed by atoms with Crippen molar-refractivity contribution in [1.29, 1.82) is 0 Å². The molecule has 0 rings (SSSR count). The summed E-state index contributed by atoms with van der Waals surface area (Å²) in [7, 11) is 0. The van der Waals surface area contributed by atoms with Crippen LogP contribution in [0, 0.1) is 11.8 Å². The van der Waals surface area contributed by atoms with Crippen LogP contribution in [0.3, 0.4) is 0 Å². The van der Waals surface area contributed by atoms with E-state index in [2.05, 4.69) is 52.2 Å². The minimum Gasteiger partial charge on any atom is -0.103 e. The first-order valence-corrected chi connectivity index (χ1v) is 6.52. The molecule has 2 unspecified atom stereocenters. The van der Waals surface area contributed by atoms with Gasteiger partial charge in [0, 0.05) is 0 Å². The molecule has 0 heterocycles. The molecule has 0 aliphatic rings. The highest BCUT2D eigenvalue weighted by atomic mass is 14.1. The molecule has 0 saturated heterocycles. The topological polar surface area (TPSA) is 0 Å². The summed E-state index contributed by atoms with van der Waals surface area (Å²) in [5.41, 5.74) is 1.41. The van der Waals surface area contributed by atoms with E-state index in [1.807, 2.05) is 0 Å². The van der Waals surface area contributed by atoms with Crippen LogP contribution >= 0.6 is 0 Å². The molecule has 0 radical (unpaired) electrons. The Hall–Kier alpha value is -0.780. The maximum Gasteiger partial charge on any atom is -0.0239 e. The summed E-state index contributed by atoms with van der Waals surface area (Å²) in [5.74, 6) is 1.35. The molecule has 0 aliphatic heterocycles. The molecule has 0 heteroatoms. The maximum atomic E-state index is 4.16. The largest absolute Gasteiger partial charge is 0.103 e. The smallest absolute Gasteiger partial charge is 0.0239 e. The van der Waals surface area contributed by atoms with Gasteiger partial charge in [-0.1, -0.05) is 44.2 Å². The first-order valence-electron chi connectivity index (χ1n) is 6.52. The van der Waals surface area contributed by atoms with Gasteiger partial charge in [0.1, 0.15) is 0 Å². The van der Waals surface area contributed by atoms with Crippen LogP contribution in [0.15, 0.2) is 37.0 Å². The third-order valence-electron chi connectivity index (χ3n) is 3.36. The van der Waals surface area contributed by atoms with E-state index < -0.39 is 0 Å². The van der Waals surface area contributed by atoms with Gasteiger partial charge in [-0.3, -0.25) is 0 Å². The van der Waals surface area contributed by atoms with E-state index in [1.54, 1.807) is 0 Å². The Balaban J connectivity index is 3.60. The summed E-state index contributed by atoms with van der Waals surface area (Å²) in [5, 5.41) is 0. The summed E-state index contributed by atoms with van der Waals surface area (Å²) < 4.78 is 0. The quantitative estimate of drug-likeness (QED) is 0.354. The van der Waals surface area contributed by atoms with E-state index in [4.69, 9.17) is 0 Å². The zero-order valence-corrected chi connectivity index (χ0v) is 11.3. The van der Waals surface area contributed by atoms with E-state index in [-0.39, 0.29) is 0 Å². The van der Waals surface area contributed by atoms with Gasteiger partial charge < -0.3 is 0 Å². The fraction of sp³-hybridized carbons (Fsp3) is 0.625. The molecule has 0 aromatic carbocycles. The van der Waals surface area contributed by atoms with Gasteiger partial charge in [-0.05, 0) is 50.9 Å². The molecule has 0 aliphatic carbocycles. The van der Waals surface area contributed by atoms with Crippen LogP contribution < -0.4 is 0 Å². The van der Waals surface area contributed by atoms with Crippen LogP contribution in [0.4, 0.5) is 0 Å². The Morgan fingerprint density at radius 3 is 2.50 bits per heavy atom. The average Bonchev–Trinajstić information content (AvgIpc) is 2.30. The standard InChI is InChI=1S/C16H28/c1-6-8-9-10-11-14(3)12-13-16(5)15(4)7-2/h6-8,15-16H,2-3,9-13H2,1,4-5H3. The Morgan fingerprint density at radius 2 is 1.94 bits per heavy atom. The van der Waals surface area contributed by atoms with Gasteiger partial charge in [0.15, 0.2) is 0 Å². The Kier molecular flexibility index (Phi) is 8.99. The van der Waals surface area contributed by atoms with Crippen molar-refractivity contribution in [2.45, 2.75) is 52.9 Å². The Morgan fingerprint density at radius 1 is 1.25 bits per heavy atom. The molecule has 0 amide bonds. The van der Waals surface area contributed by atoms with Gasteiger partial charge >= 0.3 is 0 Å². The van der Waals surface area contributed by atoms with Crippen LogP contribution in [-0.4, -0.2) is 0 Å². The van der Waals surface area contributed by atoms with Gasteiger partial charge in [0.05, 0.1) is 0 Å². The van der Waals surface area contributed by atoms with Crippen LogP contribution in [0.5, 0.6) is 0 Å². The SMILES string of the molecule is C=CC(C)C(C)CCC(=C)CCCC=CC. The van der Waals surface area contributed by atoms with Crippen LogP contribution in [0.2, 0.25) is 0 Å². The third kappa shape index (κ3) is 7.50. The van der Waals surface area contributed by atoms with Gasteiger partial charge in [-0.15, -0.1) is 6.58 Å². The van der Waals surface area contributed by atoms with Crippen molar-refractivity contribution >= 4 is 0 Å². The second-order valence-electron chi connectivity index (χ2n) is 4.82. The molecule has 92 valence electrons. The average molecular weight is 220 g/mol. The molecule has 0 spiro atoms. The monoisotopic (exact) mass is 220 g/mol. The van der Waals surface area contributed by atoms with E-state index in [0.29, 0.717) is 5.92 Å². The lowest BCUT2D eigenvalue weighted by Gasteiger charge is -2.16. The van der Waals surface area contributed by atoms with Crippen molar-refractivity contribution in [3.8, 4) is 0 Å². The van der Waals surface area contributed by atoms with E-state index in [0.717, 1.165) is 5.92 Å². The van der Waals surface area contributed by atoms with Crippen molar-refractivity contribution < 1.29 is 0 Å². The van der Waals surface area contributed by atoms with Gasteiger partial charge in [-0.2, -0.15) is 0 Å². The van der Waals surface area contributed by atoms with Gasteiger partial charge in [0.2, 0.25) is 0 Å². The van der Waals surface area contributed by atoms with E-state index >= 15 is 0 Å². The second-order valence-corrected chi connectivity index (χ2v) is 4.82. The Bertz CT molecular complexity index is 222. The predicted octanol–water partition coefficient (Wildman–Crippen LogP) is 5.53. The van der Waals surface area contributed by atoms with Crippen molar-refractivity contribution in [3.63, 3.8) is 0 Å². The van der Waals surface area contributed by atoms with E-state index in [9.17, 15) is 0 Å². The lowest BCUT2D eigenvalue weighted by Crippen LogP contribution is -2.05. The summed E-state index contributed by atoms with van der Waals surface area (Å²) >= 11 is 0. The first-order chi connectivity index (χ1) is 7.61. The molecule has 0 saturated carbocycles. The van der Waals surface area contributed by atoms with E-state index in [1.165, 1.54) is 37.7 Å². The fourth-order valence-corrected chi connectivity index (χ4v) is 1.69. The summed E-state index contributed by atoms with van der Waals surface area (Å²) in [6, 6.07) is 0. The van der Waals surface area contributed by atoms with Crippen LogP contribution in [0.25, 0.3) is 0 Å². The number of hydrogen-bond donors (Lipinski definition) is 0. The number of rotatable bonds is 9. The minimum atomic E-state index is 0.621. The zero-order valence-electron chi connectivity index (χ0n) is 11.3.